The van der Waals surface area contributed by atoms with Crippen molar-refractivity contribution in [1.29, 1.82) is 0 Å². The molecule has 4 aromatic rings. The Bertz CT molecular complexity index is 1720. The molecule has 2 fully saturated rings. The summed E-state index contributed by atoms with van der Waals surface area (Å²) in [5.74, 6) is 1.40. The highest BCUT2D eigenvalue weighted by Gasteiger charge is 2.54. The van der Waals surface area contributed by atoms with E-state index in [1.165, 1.54) is 11.1 Å². The van der Waals surface area contributed by atoms with Gasteiger partial charge in [-0.2, -0.15) is 0 Å². The van der Waals surface area contributed by atoms with Gasteiger partial charge in [-0.3, -0.25) is 0 Å². The molecule has 2 aliphatic rings. The largest absolute Gasteiger partial charge is 0.497 e. The fourth-order valence-corrected chi connectivity index (χ4v) is 7.46. The minimum Gasteiger partial charge on any atom is -0.497 e. The van der Waals surface area contributed by atoms with E-state index in [4.69, 9.17) is 28.9 Å². The number of rotatable bonds is 13. The molecule has 1 saturated heterocycles. The van der Waals surface area contributed by atoms with E-state index in [1.54, 1.807) is 13.4 Å². The zero-order chi connectivity index (χ0) is 35.5. The van der Waals surface area contributed by atoms with Crippen molar-refractivity contribution in [2.45, 2.75) is 103 Å². The van der Waals surface area contributed by atoms with Crippen LogP contribution in [-0.4, -0.2) is 76.4 Å². The molecule has 0 bridgehead atoms. The molecule has 4 atom stereocenters. The van der Waals surface area contributed by atoms with E-state index in [1.807, 2.05) is 69.9 Å². The monoisotopic (exact) mass is 683 g/mol. The average molecular weight is 684 g/mol. The van der Waals surface area contributed by atoms with E-state index in [9.17, 15) is 4.79 Å². The van der Waals surface area contributed by atoms with Crippen LogP contribution in [0.3, 0.4) is 0 Å². The van der Waals surface area contributed by atoms with E-state index in [2.05, 4.69) is 53.0 Å². The number of benzene rings is 2. The first-order chi connectivity index (χ1) is 23.9. The molecule has 0 spiro atoms. The quantitative estimate of drug-likeness (QED) is 0.132. The van der Waals surface area contributed by atoms with Crippen molar-refractivity contribution in [3.8, 4) is 5.75 Å². The van der Waals surface area contributed by atoms with Crippen molar-refractivity contribution in [3.63, 3.8) is 0 Å². The molecule has 1 aliphatic carbocycles. The number of carbonyl (C=O) groups excluding carboxylic acids is 1. The normalized spacial score (nSPS) is 21.3. The van der Waals surface area contributed by atoms with Crippen molar-refractivity contribution in [3.05, 3.63) is 84.3 Å². The Kier molecular flexibility index (Phi) is 10.7. The number of hydrogen-bond donors (Lipinski definition) is 0. The highest BCUT2D eigenvalue weighted by Crippen LogP contribution is 2.49. The van der Waals surface area contributed by atoms with Crippen LogP contribution in [0.5, 0.6) is 5.75 Å². The lowest BCUT2D eigenvalue weighted by Crippen LogP contribution is -2.38. The molecule has 6 rings (SSSR count). The topological polar surface area (TPSA) is 91.2 Å². The zero-order valence-electron chi connectivity index (χ0n) is 30.7. The Labute approximate surface area is 296 Å². The number of nitrogens with zero attached hydrogens (tertiary/aromatic N) is 5. The van der Waals surface area contributed by atoms with Crippen molar-refractivity contribution < 1.29 is 23.7 Å². The molecule has 2 aromatic carbocycles. The second-order valence-electron chi connectivity index (χ2n) is 15.2. The van der Waals surface area contributed by atoms with Gasteiger partial charge in [0.25, 0.3) is 0 Å². The summed E-state index contributed by atoms with van der Waals surface area (Å²) in [7, 11) is 3.74. The van der Waals surface area contributed by atoms with Gasteiger partial charge < -0.3 is 33.3 Å². The summed E-state index contributed by atoms with van der Waals surface area (Å²) >= 11 is 0. The Morgan fingerprint density at radius 3 is 2.42 bits per heavy atom. The number of amides is 1. The molecular weight excluding hydrogens is 630 g/mol. The number of anilines is 1. The zero-order valence-corrected chi connectivity index (χ0v) is 30.7. The summed E-state index contributed by atoms with van der Waals surface area (Å²) in [5, 5.41) is 1.01. The molecule has 1 aliphatic heterocycles. The van der Waals surface area contributed by atoms with Crippen molar-refractivity contribution in [2.24, 2.45) is 5.92 Å². The van der Waals surface area contributed by atoms with E-state index < -0.39 is 11.4 Å². The van der Waals surface area contributed by atoms with E-state index in [0.717, 1.165) is 54.7 Å². The molecule has 1 amide bonds. The molecule has 0 radical (unpaired) electrons. The third-order valence-electron chi connectivity index (χ3n) is 9.76. The van der Waals surface area contributed by atoms with Crippen LogP contribution in [0.2, 0.25) is 0 Å². The molecule has 1 saturated carbocycles. The predicted octanol–water partition coefficient (Wildman–Crippen LogP) is 7.81. The fraction of sp³-hybridized carbons (Fsp3) is 0.525. The smallest absolute Gasteiger partial charge is 0.410 e. The first-order valence-electron chi connectivity index (χ1n) is 17.9. The van der Waals surface area contributed by atoms with Crippen LogP contribution in [-0.2, 0) is 27.2 Å². The molecule has 0 N–H and O–H groups in total. The van der Waals surface area contributed by atoms with Crippen molar-refractivity contribution in [1.82, 2.24) is 19.4 Å². The standard InChI is InChI=1S/C40H53N5O5/c1-39(2,3)50-38(46)44(23-20-28-13-9-8-10-14-28)22-12-11-15-30-25-33(35-34(30)48-40(4,5)49-35)45-24-21-32-36(41-27-42-37(32)45)43(6)26-29-16-18-31(47-7)19-17-29/h8-10,13-14,16-19,21,24,27,30,33-35H,11-12,15,20,22-23,25-26H2,1-7H3/t30-,33+,34+,35-/m0/s1. The molecule has 2 aromatic heterocycles. The Morgan fingerprint density at radius 1 is 0.960 bits per heavy atom. The van der Waals surface area contributed by atoms with Gasteiger partial charge in [0, 0.05) is 32.9 Å². The molecule has 50 heavy (non-hydrogen) atoms. The summed E-state index contributed by atoms with van der Waals surface area (Å²) in [5.41, 5.74) is 2.75. The predicted molar refractivity (Wildman–Crippen MR) is 195 cm³/mol. The average Bonchev–Trinajstić information content (AvgIpc) is 3.74. The van der Waals surface area contributed by atoms with Crippen LogP contribution >= 0.6 is 0 Å². The summed E-state index contributed by atoms with van der Waals surface area (Å²) in [6.45, 7) is 11.8. The third kappa shape index (κ3) is 8.41. The van der Waals surface area contributed by atoms with Gasteiger partial charge in [0.05, 0.1) is 24.6 Å². The summed E-state index contributed by atoms with van der Waals surface area (Å²) in [6.07, 6.45) is 8.03. The van der Waals surface area contributed by atoms with Gasteiger partial charge in [-0.25, -0.2) is 14.8 Å². The highest BCUT2D eigenvalue weighted by molar-refractivity contribution is 5.88. The summed E-state index contributed by atoms with van der Waals surface area (Å²) in [4.78, 5) is 26.7. The lowest BCUT2D eigenvalue weighted by Gasteiger charge is -2.28. The van der Waals surface area contributed by atoms with Crippen molar-refractivity contribution >= 4 is 22.9 Å². The van der Waals surface area contributed by atoms with Crippen LogP contribution in [0.1, 0.15) is 77.5 Å². The van der Waals surface area contributed by atoms with Gasteiger partial charge in [0.2, 0.25) is 0 Å². The maximum atomic E-state index is 13.2. The fourth-order valence-electron chi connectivity index (χ4n) is 7.46. The molecule has 3 heterocycles. The van der Waals surface area contributed by atoms with Crippen LogP contribution in [0.4, 0.5) is 10.6 Å². The Hall–Kier alpha value is -4.15. The van der Waals surface area contributed by atoms with Crippen LogP contribution in [0.15, 0.2) is 73.2 Å². The van der Waals surface area contributed by atoms with E-state index in [-0.39, 0.29) is 24.3 Å². The first-order valence-corrected chi connectivity index (χ1v) is 17.9. The number of hydrogen-bond acceptors (Lipinski definition) is 8. The highest BCUT2D eigenvalue weighted by atomic mass is 16.8. The minimum absolute atomic E-state index is 0.00783. The summed E-state index contributed by atoms with van der Waals surface area (Å²) in [6, 6.07) is 20.6. The lowest BCUT2D eigenvalue weighted by atomic mass is 9.97. The SMILES string of the molecule is COc1ccc(CN(C)c2ncnc3c2ccn3[C@@H]2C[C@H](CCCCN(CCc3ccccc3)C(=O)OC(C)(C)C)[C@H]3OC(C)(C)O[C@H]32)cc1. The third-order valence-corrected chi connectivity index (χ3v) is 9.76. The van der Waals surface area contributed by atoms with Crippen LogP contribution in [0, 0.1) is 5.92 Å². The molecule has 0 unspecified atom stereocenters. The van der Waals surface area contributed by atoms with E-state index in [0.29, 0.717) is 25.6 Å². The summed E-state index contributed by atoms with van der Waals surface area (Å²) < 4.78 is 26.5. The van der Waals surface area contributed by atoms with Gasteiger partial charge in [-0.05, 0) is 95.5 Å². The Morgan fingerprint density at radius 2 is 1.70 bits per heavy atom. The molecule has 10 nitrogen and oxygen atoms in total. The molecule has 268 valence electrons. The van der Waals surface area contributed by atoms with Gasteiger partial charge in [-0.15, -0.1) is 0 Å². The first kappa shape index (κ1) is 35.7. The van der Waals surface area contributed by atoms with Gasteiger partial charge in [-0.1, -0.05) is 48.9 Å². The molecule has 10 heteroatoms. The van der Waals surface area contributed by atoms with Gasteiger partial charge >= 0.3 is 6.09 Å². The number of aromatic nitrogens is 3. The van der Waals surface area contributed by atoms with Crippen LogP contribution < -0.4 is 9.64 Å². The number of fused-ring (bicyclic) bond motifs is 2. The van der Waals surface area contributed by atoms with Gasteiger partial charge in [0.15, 0.2) is 5.79 Å². The maximum absolute atomic E-state index is 13.2. The van der Waals surface area contributed by atoms with Gasteiger partial charge in [0.1, 0.15) is 35.2 Å². The second kappa shape index (κ2) is 15.0. The van der Waals surface area contributed by atoms with E-state index >= 15 is 0 Å². The molecular formula is C40H53N5O5. The number of carbonyl (C=O) groups is 1. The second-order valence-corrected chi connectivity index (χ2v) is 15.2. The number of ether oxygens (including phenoxy) is 4. The Balaban J connectivity index is 1.12. The maximum Gasteiger partial charge on any atom is 0.410 e. The van der Waals surface area contributed by atoms with Crippen molar-refractivity contribution in [2.75, 3.05) is 32.1 Å². The number of unbranched alkanes of at least 4 members (excludes halogenated alkanes) is 1. The minimum atomic E-state index is -0.654. The number of methoxy groups -OCH3 is 1. The van der Waals surface area contributed by atoms with Crippen LogP contribution in [0.25, 0.3) is 11.0 Å². The lowest BCUT2D eigenvalue weighted by molar-refractivity contribution is -0.160.